The van der Waals surface area contributed by atoms with Crippen molar-refractivity contribution < 1.29 is 24.5 Å². The number of esters is 1. The molecule has 0 aliphatic carbocycles. The minimum absolute atomic E-state index is 0.00393. The molecule has 0 aliphatic heterocycles. The first kappa shape index (κ1) is 72.6. The van der Waals surface area contributed by atoms with Gasteiger partial charge >= 0.3 is 5.97 Å². The molecule has 0 rings (SSSR count). The average Bonchev–Trinajstić information content (AvgIpc) is 3.40. The molecule has 0 radical (unpaired) electrons. The highest BCUT2D eigenvalue weighted by Crippen LogP contribution is 2.19. The maximum absolute atomic E-state index is 12.5. The third-order valence-corrected chi connectivity index (χ3v) is 16.1. The Morgan fingerprint density at radius 1 is 0.365 bits per heavy atom. The first-order chi connectivity index (χ1) is 36.5. The molecular formula is C68H133NO5. The van der Waals surface area contributed by atoms with E-state index in [2.05, 4.69) is 31.3 Å². The van der Waals surface area contributed by atoms with Crippen molar-refractivity contribution in [2.45, 2.75) is 398 Å². The summed E-state index contributed by atoms with van der Waals surface area (Å²) < 4.78 is 5.50. The number of aliphatic hydroxyl groups is 2. The van der Waals surface area contributed by atoms with Crippen molar-refractivity contribution >= 4 is 11.9 Å². The Bertz CT molecular complexity index is 1110. The minimum Gasteiger partial charge on any atom is -0.466 e. The van der Waals surface area contributed by atoms with Gasteiger partial charge in [-0.05, 0) is 51.4 Å². The molecule has 2 unspecified atom stereocenters. The van der Waals surface area contributed by atoms with Gasteiger partial charge in [0.1, 0.15) is 0 Å². The van der Waals surface area contributed by atoms with Gasteiger partial charge < -0.3 is 20.3 Å². The van der Waals surface area contributed by atoms with Crippen molar-refractivity contribution in [3.63, 3.8) is 0 Å². The minimum atomic E-state index is -0.673. The lowest BCUT2D eigenvalue weighted by Gasteiger charge is -2.22. The van der Waals surface area contributed by atoms with Gasteiger partial charge in [-0.2, -0.15) is 0 Å². The fourth-order valence-electron chi connectivity index (χ4n) is 10.9. The molecule has 6 nitrogen and oxygen atoms in total. The molecule has 2 atom stereocenters. The monoisotopic (exact) mass is 1040 g/mol. The maximum atomic E-state index is 12.5. The number of carbonyl (C=O) groups is 2. The summed E-state index contributed by atoms with van der Waals surface area (Å²) in [6, 6.07) is -0.551. The topological polar surface area (TPSA) is 95.9 Å². The second kappa shape index (κ2) is 64.1. The third-order valence-electron chi connectivity index (χ3n) is 16.1. The van der Waals surface area contributed by atoms with E-state index in [-0.39, 0.29) is 18.5 Å². The van der Waals surface area contributed by atoms with Crippen LogP contribution in [0.1, 0.15) is 386 Å². The molecule has 440 valence electrons. The number of hydrogen-bond donors (Lipinski definition) is 3. The van der Waals surface area contributed by atoms with E-state index in [1.807, 2.05) is 0 Å². The molecule has 3 N–H and O–H groups in total. The predicted molar refractivity (Wildman–Crippen MR) is 324 cm³/mol. The molecule has 0 aromatic carbocycles. The normalized spacial score (nSPS) is 12.5. The van der Waals surface area contributed by atoms with Crippen molar-refractivity contribution in [1.82, 2.24) is 5.32 Å². The van der Waals surface area contributed by atoms with Crippen molar-refractivity contribution in [1.29, 1.82) is 0 Å². The van der Waals surface area contributed by atoms with Gasteiger partial charge in [-0.3, -0.25) is 9.59 Å². The molecule has 0 fully saturated rings. The number of unbranched alkanes of at least 4 members (excludes halogenated alkanes) is 51. The van der Waals surface area contributed by atoms with E-state index in [0.29, 0.717) is 25.9 Å². The summed E-state index contributed by atoms with van der Waals surface area (Å²) in [5, 5.41) is 23.4. The summed E-state index contributed by atoms with van der Waals surface area (Å²) >= 11 is 0. The molecule has 0 heterocycles. The standard InChI is InChI=1S/C68H133NO5/c1-3-5-7-9-11-13-15-17-19-21-23-24-25-26-28-32-36-40-44-48-52-56-60-66(71)65(64-70)69-67(72)61-57-53-49-45-41-37-33-29-27-31-35-39-43-47-51-55-59-63-74-68(73)62-58-54-50-46-42-38-34-30-22-20-18-16-14-12-10-8-6-4-2/h27,31,65-66,70-71H,3-26,28-30,32-64H2,1-2H3,(H,69,72)/b31-27-. The number of hydrogen-bond acceptors (Lipinski definition) is 5. The van der Waals surface area contributed by atoms with Gasteiger partial charge in [-0.25, -0.2) is 0 Å². The summed E-state index contributed by atoms with van der Waals surface area (Å²) in [6.07, 6.45) is 78.1. The van der Waals surface area contributed by atoms with Crippen LogP contribution in [-0.4, -0.2) is 47.4 Å². The fraction of sp³-hybridized carbons (Fsp3) is 0.941. The molecule has 1 amide bonds. The summed E-state index contributed by atoms with van der Waals surface area (Å²) in [4.78, 5) is 24.6. The highest BCUT2D eigenvalue weighted by Gasteiger charge is 2.20. The van der Waals surface area contributed by atoms with Crippen LogP contribution in [0.25, 0.3) is 0 Å². The van der Waals surface area contributed by atoms with Crippen LogP contribution in [-0.2, 0) is 14.3 Å². The lowest BCUT2D eigenvalue weighted by Crippen LogP contribution is -2.45. The van der Waals surface area contributed by atoms with Gasteiger partial charge in [-0.15, -0.1) is 0 Å². The zero-order chi connectivity index (χ0) is 53.6. The first-order valence-electron chi connectivity index (χ1n) is 33.9. The number of nitrogens with one attached hydrogen (secondary N) is 1. The summed E-state index contributed by atoms with van der Waals surface area (Å²) in [6.45, 7) is 4.98. The quantitative estimate of drug-likeness (QED) is 0.0320. The summed E-state index contributed by atoms with van der Waals surface area (Å²) in [5.41, 5.74) is 0. The smallest absolute Gasteiger partial charge is 0.305 e. The predicted octanol–water partition coefficient (Wildman–Crippen LogP) is 21.6. The van der Waals surface area contributed by atoms with Crippen LogP contribution < -0.4 is 5.32 Å². The second-order valence-corrected chi connectivity index (χ2v) is 23.5. The third kappa shape index (κ3) is 59.8. The van der Waals surface area contributed by atoms with Crippen LogP contribution in [0.4, 0.5) is 0 Å². The van der Waals surface area contributed by atoms with Gasteiger partial charge in [0.15, 0.2) is 0 Å². The Morgan fingerprint density at radius 3 is 0.959 bits per heavy atom. The number of carbonyl (C=O) groups excluding carboxylic acids is 2. The van der Waals surface area contributed by atoms with Gasteiger partial charge in [0, 0.05) is 12.8 Å². The SMILES string of the molecule is CCCCCCCCCCCCCCCCCCCCCCCCC(O)C(CO)NC(=O)CCCCCCCCC/C=C\CCCCCCCCOC(=O)CCCCCCCCCCCCCCCCCCCC. The summed E-state index contributed by atoms with van der Waals surface area (Å²) in [5.74, 6) is -0.0383. The number of aliphatic hydroxyl groups excluding tert-OH is 2. The zero-order valence-electron chi connectivity index (χ0n) is 50.4. The van der Waals surface area contributed by atoms with Crippen LogP contribution in [0.5, 0.6) is 0 Å². The molecule has 0 aliphatic rings. The molecule has 0 aromatic heterocycles. The molecule has 0 saturated heterocycles. The van der Waals surface area contributed by atoms with Crippen LogP contribution in [0.2, 0.25) is 0 Å². The Hall–Kier alpha value is -1.40. The van der Waals surface area contributed by atoms with Crippen LogP contribution in [0, 0.1) is 0 Å². The van der Waals surface area contributed by atoms with E-state index in [4.69, 9.17) is 4.74 Å². The van der Waals surface area contributed by atoms with E-state index in [1.165, 1.54) is 302 Å². The van der Waals surface area contributed by atoms with Gasteiger partial charge in [0.2, 0.25) is 5.91 Å². The van der Waals surface area contributed by atoms with E-state index in [1.54, 1.807) is 0 Å². The Balaban J connectivity index is 3.42. The maximum Gasteiger partial charge on any atom is 0.305 e. The van der Waals surface area contributed by atoms with E-state index < -0.39 is 12.1 Å². The second-order valence-electron chi connectivity index (χ2n) is 23.5. The van der Waals surface area contributed by atoms with Crippen molar-refractivity contribution in [3.05, 3.63) is 12.2 Å². The van der Waals surface area contributed by atoms with E-state index in [9.17, 15) is 19.8 Å². The van der Waals surface area contributed by atoms with E-state index in [0.717, 1.165) is 51.4 Å². The molecule has 6 heteroatoms. The lowest BCUT2D eigenvalue weighted by molar-refractivity contribution is -0.143. The molecule has 0 aromatic rings. The van der Waals surface area contributed by atoms with Gasteiger partial charge in [0.05, 0.1) is 25.4 Å². The number of ether oxygens (including phenoxy) is 1. The zero-order valence-corrected chi connectivity index (χ0v) is 50.4. The Kier molecular flexibility index (Phi) is 62.9. The summed E-state index contributed by atoms with van der Waals surface area (Å²) in [7, 11) is 0. The highest BCUT2D eigenvalue weighted by atomic mass is 16.5. The first-order valence-corrected chi connectivity index (χ1v) is 33.9. The van der Waals surface area contributed by atoms with Crippen molar-refractivity contribution in [2.24, 2.45) is 0 Å². The molecule has 74 heavy (non-hydrogen) atoms. The van der Waals surface area contributed by atoms with Crippen molar-refractivity contribution in [2.75, 3.05) is 13.2 Å². The van der Waals surface area contributed by atoms with Gasteiger partial charge in [-0.1, -0.05) is 334 Å². The number of amides is 1. The molecule has 0 spiro atoms. The average molecular weight is 1040 g/mol. The fourth-order valence-corrected chi connectivity index (χ4v) is 10.9. The van der Waals surface area contributed by atoms with E-state index >= 15 is 0 Å². The Labute approximate surface area is 463 Å². The molecule has 0 bridgehead atoms. The molecule has 0 saturated carbocycles. The van der Waals surface area contributed by atoms with Crippen LogP contribution in [0.3, 0.4) is 0 Å². The van der Waals surface area contributed by atoms with Crippen LogP contribution in [0.15, 0.2) is 12.2 Å². The number of rotatable bonds is 64. The van der Waals surface area contributed by atoms with Gasteiger partial charge in [0.25, 0.3) is 0 Å². The Morgan fingerprint density at radius 2 is 0.635 bits per heavy atom. The number of allylic oxidation sites excluding steroid dienone is 2. The largest absolute Gasteiger partial charge is 0.466 e. The van der Waals surface area contributed by atoms with Crippen LogP contribution >= 0.6 is 0 Å². The lowest BCUT2D eigenvalue weighted by atomic mass is 10.0. The molecular weight excluding hydrogens is 911 g/mol. The highest BCUT2D eigenvalue weighted by molar-refractivity contribution is 5.76. The van der Waals surface area contributed by atoms with Crippen molar-refractivity contribution in [3.8, 4) is 0 Å².